The molecular formula is C12H14F3N5S. The summed E-state index contributed by atoms with van der Waals surface area (Å²) >= 11 is 0.716. The van der Waals surface area contributed by atoms with Crippen molar-refractivity contribution in [2.45, 2.75) is 19.1 Å². The van der Waals surface area contributed by atoms with E-state index in [1.54, 1.807) is 12.4 Å². The molecule has 0 saturated carbocycles. The molecule has 0 unspecified atom stereocenters. The standard InChI is InChI=1S/C12H14F3N5S/c13-12(14,15)10-19-11(21-20-10)18-6-2-5-17-8-9-3-1-4-16-7-9/h1,3-4,7,17H,2,5-6,8H2,(H,18,19,20). The van der Waals surface area contributed by atoms with Crippen LogP contribution in [-0.2, 0) is 12.7 Å². The van der Waals surface area contributed by atoms with Gasteiger partial charge in [0, 0.05) is 37.0 Å². The van der Waals surface area contributed by atoms with Crippen LogP contribution in [0.5, 0.6) is 0 Å². The van der Waals surface area contributed by atoms with Crippen molar-refractivity contribution in [3.05, 3.63) is 35.9 Å². The van der Waals surface area contributed by atoms with Gasteiger partial charge in [-0.3, -0.25) is 4.98 Å². The number of rotatable bonds is 7. The summed E-state index contributed by atoms with van der Waals surface area (Å²) in [6, 6.07) is 3.84. The molecule has 2 rings (SSSR count). The zero-order valence-electron chi connectivity index (χ0n) is 11.0. The fraction of sp³-hybridized carbons (Fsp3) is 0.417. The number of alkyl halides is 3. The highest BCUT2D eigenvalue weighted by Crippen LogP contribution is 2.28. The van der Waals surface area contributed by atoms with Crippen LogP contribution in [0.4, 0.5) is 18.3 Å². The summed E-state index contributed by atoms with van der Waals surface area (Å²) < 4.78 is 40.1. The maximum atomic E-state index is 12.3. The number of hydrogen-bond acceptors (Lipinski definition) is 6. The smallest absolute Gasteiger partial charge is 0.360 e. The van der Waals surface area contributed by atoms with E-state index >= 15 is 0 Å². The van der Waals surface area contributed by atoms with Gasteiger partial charge >= 0.3 is 6.18 Å². The van der Waals surface area contributed by atoms with Gasteiger partial charge in [-0.25, -0.2) is 0 Å². The highest BCUT2D eigenvalue weighted by atomic mass is 32.1. The molecule has 2 heterocycles. The van der Waals surface area contributed by atoms with Crippen molar-refractivity contribution in [3.63, 3.8) is 0 Å². The maximum absolute atomic E-state index is 12.3. The molecule has 0 spiro atoms. The molecule has 0 aliphatic carbocycles. The molecule has 5 nitrogen and oxygen atoms in total. The van der Waals surface area contributed by atoms with Gasteiger partial charge in [-0.05, 0) is 24.6 Å². The normalized spacial score (nSPS) is 11.6. The highest BCUT2D eigenvalue weighted by molar-refractivity contribution is 7.09. The van der Waals surface area contributed by atoms with Crippen molar-refractivity contribution in [2.75, 3.05) is 18.4 Å². The van der Waals surface area contributed by atoms with Gasteiger partial charge in [-0.15, -0.1) is 0 Å². The van der Waals surface area contributed by atoms with Gasteiger partial charge in [0.15, 0.2) is 0 Å². The Morgan fingerprint density at radius 1 is 1.24 bits per heavy atom. The van der Waals surface area contributed by atoms with Crippen LogP contribution in [0.2, 0.25) is 0 Å². The summed E-state index contributed by atoms with van der Waals surface area (Å²) in [5, 5.41) is 6.24. The van der Waals surface area contributed by atoms with E-state index < -0.39 is 12.0 Å². The Kier molecular flexibility index (Phi) is 5.45. The van der Waals surface area contributed by atoms with E-state index in [-0.39, 0.29) is 5.13 Å². The summed E-state index contributed by atoms with van der Waals surface area (Å²) in [7, 11) is 0. The molecule has 2 aromatic rings. The largest absolute Gasteiger partial charge is 0.452 e. The topological polar surface area (TPSA) is 62.7 Å². The summed E-state index contributed by atoms with van der Waals surface area (Å²) in [5.74, 6) is -1.09. The van der Waals surface area contributed by atoms with Gasteiger partial charge in [-0.2, -0.15) is 22.5 Å². The van der Waals surface area contributed by atoms with Crippen LogP contribution >= 0.6 is 11.5 Å². The van der Waals surface area contributed by atoms with Gasteiger partial charge in [0.25, 0.3) is 0 Å². The Hall–Kier alpha value is -1.74. The van der Waals surface area contributed by atoms with Crippen LogP contribution < -0.4 is 10.6 Å². The van der Waals surface area contributed by atoms with Gasteiger partial charge < -0.3 is 10.6 Å². The van der Waals surface area contributed by atoms with Crippen LogP contribution in [0, 0.1) is 0 Å². The Labute approximate surface area is 123 Å². The SMILES string of the molecule is FC(F)(F)c1nsc(NCCCNCc2cccnc2)n1. The van der Waals surface area contributed by atoms with Crippen molar-refractivity contribution in [1.29, 1.82) is 0 Å². The van der Waals surface area contributed by atoms with Gasteiger partial charge in [0.05, 0.1) is 0 Å². The monoisotopic (exact) mass is 317 g/mol. The lowest BCUT2D eigenvalue weighted by molar-refractivity contribution is -0.144. The Morgan fingerprint density at radius 3 is 2.76 bits per heavy atom. The van der Waals surface area contributed by atoms with E-state index in [1.165, 1.54) is 0 Å². The second-order valence-electron chi connectivity index (χ2n) is 4.24. The van der Waals surface area contributed by atoms with E-state index in [2.05, 4.69) is 25.0 Å². The molecule has 0 fully saturated rings. The molecule has 9 heteroatoms. The van der Waals surface area contributed by atoms with Crippen molar-refractivity contribution in [3.8, 4) is 0 Å². The van der Waals surface area contributed by atoms with E-state index in [0.29, 0.717) is 24.6 Å². The minimum Gasteiger partial charge on any atom is -0.360 e. The first-order valence-electron chi connectivity index (χ1n) is 6.30. The Balaban J connectivity index is 1.61. The summed E-state index contributed by atoms with van der Waals surface area (Å²) in [6.45, 7) is 1.99. The van der Waals surface area contributed by atoms with Gasteiger partial charge in [-0.1, -0.05) is 6.07 Å². The molecular weight excluding hydrogens is 303 g/mol. The van der Waals surface area contributed by atoms with Gasteiger partial charge in [0.2, 0.25) is 11.0 Å². The summed E-state index contributed by atoms with van der Waals surface area (Å²) in [5.41, 5.74) is 1.09. The number of halogens is 3. The third-order valence-corrected chi connectivity index (χ3v) is 3.21. The average molecular weight is 317 g/mol. The summed E-state index contributed by atoms with van der Waals surface area (Å²) in [6.07, 6.45) is -0.223. The first-order valence-corrected chi connectivity index (χ1v) is 7.07. The molecule has 0 saturated heterocycles. The molecule has 2 aromatic heterocycles. The third kappa shape index (κ3) is 5.27. The molecule has 0 aromatic carbocycles. The molecule has 0 radical (unpaired) electrons. The number of pyridine rings is 1. The van der Waals surface area contributed by atoms with E-state index in [4.69, 9.17) is 0 Å². The number of anilines is 1. The Morgan fingerprint density at radius 2 is 2.10 bits per heavy atom. The van der Waals surface area contributed by atoms with Crippen molar-refractivity contribution < 1.29 is 13.2 Å². The summed E-state index contributed by atoms with van der Waals surface area (Å²) in [4.78, 5) is 7.39. The van der Waals surface area contributed by atoms with E-state index in [0.717, 1.165) is 18.5 Å². The molecule has 0 aliphatic rings. The molecule has 21 heavy (non-hydrogen) atoms. The minimum atomic E-state index is -4.48. The molecule has 0 atom stereocenters. The molecule has 0 aliphatic heterocycles. The maximum Gasteiger partial charge on any atom is 0.452 e. The average Bonchev–Trinajstić information content (AvgIpc) is 2.93. The molecule has 0 amide bonds. The van der Waals surface area contributed by atoms with Crippen LogP contribution in [0.1, 0.15) is 17.8 Å². The van der Waals surface area contributed by atoms with E-state index in [9.17, 15) is 13.2 Å². The Bertz CT molecular complexity index is 543. The van der Waals surface area contributed by atoms with Crippen LogP contribution in [0.25, 0.3) is 0 Å². The molecule has 2 N–H and O–H groups in total. The third-order valence-electron chi connectivity index (χ3n) is 2.54. The van der Waals surface area contributed by atoms with Crippen LogP contribution in [0.15, 0.2) is 24.5 Å². The van der Waals surface area contributed by atoms with Crippen molar-refractivity contribution >= 4 is 16.7 Å². The minimum absolute atomic E-state index is 0.189. The quantitative estimate of drug-likeness (QED) is 0.769. The van der Waals surface area contributed by atoms with Crippen LogP contribution in [0.3, 0.4) is 0 Å². The first-order chi connectivity index (χ1) is 10.1. The zero-order chi connectivity index (χ0) is 15.1. The predicted molar refractivity (Wildman–Crippen MR) is 74.0 cm³/mol. The lowest BCUT2D eigenvalue weighted by Crippen LogP contribution is -2.17. The molecule has 114 valence electrons. The first kappa shape index (κ1) is 15.6. The second kappa shape index (κ2) is 7.32. The fourth-order valence-electron chi connectivity index (χ4n) is 1.55. The second-order valence-corrected chi connectivity index (χ2v) is 4.99. The number of nitrogens with zero attached hydrogens (tertiary/aromatic N) is 3. The van der Waals surface area contributed by atoms with Crippen LogP contribution in [-0.4, -0.2) is 27.4 Å². The highest BCUT2D eigenvalue weighted by Gasteiger charge is 2.36. The van der Waals surface area contributed by atoms with Crippen molar-refractivity contribution in [1.82, 2.24) is 19.7 Å². The van der Waals surface area contributed by atoms with Crippen molar-refractivity contribution in [2.24, 2.45) is 0 Å². The lowest BCUT2D eigenvalue weighted by atomic mass is 10.3. The fourth-order valence-corrected chi connectivity index (χ4v) is 2.17. The predicted octanol–water partition coefficient (Wildman–Crippen LogP) is 2.54. The van der Waals surface area contributed by atoms with Gasteiger partial charge in [0.1, 0.15) is 0 Å². The number of nitrogens with one attached hydrogen (secondary N) is 2. The molecule has 0 bridgehead atoms. The lowest BCUT2D eigenvalue weighted by Gasteiger charge is -2.05. The van der Waals surface area contributed by atoms with E-state index in [1.807, 2.05) is 12.1 Å². The number of hydrogen-bond donors (Lipinski definition) is 2. The zero-order valence-corrected chi connectivity index (χ0v) is 11.8. The number of aromatic nitrogens is 3.